The van der Waals surface area contributed by atoms with E-state index in [1.165, 1.54) is 0 Å². The third-order valence-corrected chi connectivity index (χ3v) is 3.01. The minimum Gasteiger partial charge on any atom is -0.380 e. The van der Waals surface area contributed by atoms with Gasteiger partial charge < -0.3 is 5.73 Å². The van der Waals surface area contributed by atoms with Crippen LogP contribution in [0.2, 0.25) is 5.15 Å². The number of aromatic amines is 1. The molecule has 0 radical (unpaired) electrons. The average Bonchev–Trinajstić information content (AvgIpc) is 2.87. The number of anilines is 1. The summed E-state index contributed by atoms with van der Waals surface area (Å²) in [5.41, 5.74) is 8.48. The van der Waals surface area contributed by atoms with Gasteiger partial charge in [0.2, 0.25) is 0 Å². The van der Waals surface area contributed by atoms with E-state index in [4.69, 9.17) is 17.3 Å². The maximum atomic E-state index is 5.90. The molecule has 21 heavy (non-hydrogen) atoms. The Kier molecular flexibility index (Phi) is 3.61. The van der Waals surface area contributed by atoms with Crippen molar-refractivity contribution in [2.45, 2.75) is 0 Å². The van der Waals surface area contributed by atoms with Crippen molar-refractivity contribution < 1.29 is 0 Å². The molecule has 2 heterocycles. The van der Waals surface area contributed by atoms with Crippen molar-refractivity contribution in [1.82, 2.24) is 15.2 Å². The van der Waals surface area contributed by atoms with Crippen LogP contribution in [0.1, 0.15) is 0 Å². The van der Waals surface area contributed by atoms with Crippen LogP contribution >= 0.6 is 11.6 Å². The second-order valence-corrected chi connectivity index (χ2v) is 4.62. The summed E-state index contributed by atoms with van der Waals surface area (Å²) >= 11 is 5.90. The van der Waals surface area contributed by atoms with Crippen LogP contribution in [0.25, 0.3) is 11.3 Å². The van der Waals surface area contributed by atoms with Crippen molar-refractivity contribution in [2.75, 3.05) is 5.73 Å². The lowest BCUT2D eigenvalue weighted by Gasteiger charge is -1.99. The molecule has 7 heteroatoms. The van der Waals surface area contributed by atoms with Gasteiger partial charge in [-0.3, -0.25) is 5.10 Å². The summed E-state index contributed by atoms with van der Waals surface area (Å²) in [5, 5.41) is 15.5. The van der Waals surface area contributed by atoms with Gasteiger partial charge in [-0.05, 0) is 24.3 Å². The second-order valence-electron chi connectivity index (χ2n) is 4.24. The molecule has 0 atom stereocenters. The third-order valence-electron chi connectivity index (χ3n) is 2.80. The standard InChI is InChI=1S/C14H11ClN6/c15-11-8-9(6-7-17-11)12-13(14(16)21-19-12)20-18-10-4-2-1-3-5-10/h1-8H,(H3,16,19,21). The fourth-order valence-electron chi connectivity index (χ4n) is 1.81. The molecule has 0 aliphatic carbocycles. The van der Waals surface area contributed by atoms with Crippen LogP contribution in [0, 0.1) is 0 Å². The SMILES string of the molecule is Nc1n[nH]c(-c2ccnc(Cl)c2)c1N=Nc1ccccc1. The van der Waals surface area contributed by atoms with Crippen LogP contribution in [-0.2, 0) is 0 Å². The Balaban J connectivity index is 2.00. The molecule has 3 aromatic rings. The van der Waals surface area contributed by atoms with Crippen LogP contribution in [0.5, 0.6) is 0 Å². The molecule has 0 amide bonds. The Morgan fingerprint density at radius 2 is 1.90 bits per heavy atom. The van der Waals surface area contributed by atoms with Crippen molar-refractivity contribution in [1.29, 1.82) is 0 Å². The van der Waals surface area contributed by atoms with Crippen LogP contribution in [0.3, 0.4) is 0 Å². The average molecular weight is 299 g/mol. The molecule has 0 saturated heterocycles. The van der Waals surface area contributed by atoms with Crippen LogP contribution < -0.4 is 5.73 Å². The maximum Gasteiger partial charge on any atom is 0.173 e. The lowest BCUT2D eigenvalue weighted by Crippen LogP contribution is -1.83. The molecule has 3 rings (SSSR count). The lowest BCUT2D eigenvalue weighted by molar-refractivity contribution is 1.10. The van der Waals surface area contributed by atoms with E-state index in [0.29, 0.717) is 16.5 Å². The fraction of sp³-hybridized carbons (Fsp3) is 0. The number of pyridine rings is 1. The Labute approximate surface area is 125 Å². The zero-order chi connectivity index (χ0) is 14.7. The Morgan fingerprint density at radius 3 is 2.67 bits per heavy atom. The number of aromatic nitrogens is 3. The van der Waals surface area contributed by atoms with Crippen LogP contribution in [0.15, 0.2) is 58.9 Å². The monoisotopic (exact) mass is 298 g/mol. The zero-order valence-corrected chi connectivity index (χ0v) is 11.6. The number of azo groups is 1. The highest BCUT2D eigenvalue weighted by Gasteiger charge is 2.13. The highest BCUT2D eigenvalue weighted by molar-refractivity contribution is 6.29. The number of rotatable bonds is 3. The van der Waals surface area contributed by atoms with Gasteiger partial charge in [0, 0.05) is 11.8 Å². The highest BCUT2D eigenvalue weighted by atomic mass is 35.5. The van der Waals surface area contributed by atoms with E-state index in [1.807, 2.05) is 30.3 Å². The molecular formula is C14H11ClN6. The van der Waals surface area contributed by atoms with E-state index in [-0.39, 0.29) is 5.82 Å². The Hall–Kier alpha value is -2.73. The number of nitrogen functional groups attached to an aromatic ring is 1. The van der Waals surface area contributed by atoms with Crippen molar-refractivity contribution in [3.05, 3.63) is 53.8 Å². The van der Waals surface area contributed by atoms with Crippen molar-refractivity contribution >= 4 is 28.8 Å². The maximum absolute atomic E-state index is 5.90. The van der Waals surface area contributed by atoms with Gasteiger partial charge in [-0.2, -0.15) is 10.2 Å². The number of hydrogen-bond acceptors (Lipinski definition) is 5. The normalized spacial score (nSPS) is 11.1. The largest absolute Gasteiger partial charge is 0.380 e. The van der Waals surface area contributed by atoms with Gasteiger partial charge in [0.25, 0.3) is 0 Å². The van der Waals surface area contributed by atoms with Gasteiger partial charge in [-0.15, -0.1) is 5.11 Å². The van der Waals surface area contributed by atoms with Crippen LogP contribution in [-0.4, -0.2) is 15.2 Å². The Morgan fingerprint density at radius 1 is 1.10 bits per heavy atom. The predicted molar refractivity (Wildman–Crippen MR) is 81.9 cm³/mol. The zero-order valence-electron chi connectivity index (χ0n) is 10.9. The Bertz CT molecular complexity index is 781. The molecule has 0 bridgehead atoms. The number of benzene rings is 1. The van der Waals surface area contributed by atoms with E-state index in [2.05, 4.69) is 25.4 Å². The van der Waals surface area contributed by atoms with Gasteiger partial charge in [-0.25, -0.2) is 4.98 Å². The van der Waals surface area contributed by atoms with Gasteiger partial charge >= 0.3 is 0 Å². The van der Waals surface area contributed by atoms with Crippen molar-refractivity contribution in [2.24, 2.45) is 10.2 Å². The lowest BCUT2D eigenvalue weighted by atomic mass is 10.2. The number of H-pyrrole nitrogens is 1. The van der Waals surface area contributed by atoms with E-state index >= 15 is 0 Å². The molecule has 0 saturated carbocycles. The predicted octanol–water partition coefficient (Wildman–Crippen LogP) is 4.12. The molecular weight excluding hydrogens is 288 g/mol. The molecule has 0 fully saturated rings. The van der Waals surface area contributed by atoms with Gasteiger partial charge in [-0.1, -0.05) is 29.8 Å². The number of nitrogens with two attached hydrogens (primary N) is 1. The summed E-state index contributed by atoms with van der Waals surface area (Å²) in [6.07, 6.45) is 1.60. The number of nitrogens with zero attached hydrogens (tertiary/aromatic N) is 4. The van der Waals surface area contributed by atoms with E-state index in [0.717, 1.165) is 11.3 Å². The number of nitrogens with one attached hydrogen (secondary N) is 1. The molecule has 2 aromatic heterocycles. The summed E-state index contributed by atoms with van der Waals surface area (Å²) in [5.74, 6) is 0.276. The third kappa shape index (κ3) is 2.90. The van der Waals surface area contributed by atoms with Crippen molar-refractivity contribution in [3.63, 3.8) is 0 Å². The molecule has 1 aromatic carbocycles. The van der Waals surface area contributed by atoms with Crippen LogP contribution in [0.4, 0.5) is 17.2 Å². The number of halogens is 1. The van der Waals surface area contributed by atoms with E-state index in [1.54, 1.807) is 18.3 Å². The van der Waals surface area contributed by atoms with E-state index < -0.39 is 0 Å². The minimum absolute atomic E-state index is 0.276. The summed E-state index contributed by atoms with van der Waals surface area (Å²) in [7, 11) is 0. The quantitative estimate of drug-likeness (QED) is 0.562. The topological polar surface area (TPSA) is 92.3 Å². The second kappa shape index (κ2) is 5.72. The molecule has 0 spiro atoms. The van der Waals surface area contributed by atoms with Gasteiger partial charge in [0.05, 0.1) is 11.4 Å². The van der Waals surface area contributed by atoms with Gasteiger partial charge in [0.15, 0.2) is 11.5 Å². The summed E-state index contributed by atoms with van der Waals surface area (Å²) < 4.78 is 0. The first-order valence-electron chi connectivity index (χ1n) is 6.16. The number of hydrogen-bond donors (Lipinski definition) is 2. The first-order chi connectivity index (χ1) is 10.2. The van der Waals surface area contributed by atoms with Gasteiger partial charge in [0.1, 0.15) is 5.15 Å². The fourth-order valence-corrected chi connectivity index (χ4v) is 1.99. The minimum atomic E-state index is 0.276. The molecule has 104 valence electrons. The molecule has 0 aliphatic rings. The molecule has 3 N–H and O–H groups in total. The summed E-state index contributed by atoms with van der Waals surface area (Å²) in [4.78, 5) is 3.94. The first-order valence-corrected chi connectivity index (χ1v) is 6.54. The van der Waals surface area contributed by atoms with Crippen molar-refractivity contribution in [3.8, 4) is 11.3 Å². The molecule has 6 nitrogen and oxygen atoms in total. The smallest absolute Gasteiger partial charge is 0.173 e. The van der Waals surface area contributed by atoms with E-state index in [9.17, 15) is 0 Å². The molecule has 0 aliphatic heterocycles. The summed E-state index contributed by atoms with van der Waals surface area (Å²) in [6, 6.07) is 12.9. The first kappa shape index (κ1) is 13.3. The highest BCUT2D eigenvalue weighted by Crippen LogP contribution is 2.34. The molecule has 0 unspecified atom stereocenters. The summed E-state index contributed by atoms with van der Waals surface area (Å²) in [6.45, 7) is 0.